The second kappa shape index (κ2) is 45.5. The Bertz CT molecular complexity index is 857. The molecule has 6 nitrogen and oxygen atoms in total. The maximum Gasteiger partial charge on any atom is 0.306 e. The van der Waals surface area contributed by atoms with Gasteiger partial charge in [0, 0.05) is 19.3 Å². The Kier molecular flexibility index (Phi) is 44.2. The van der Waals surface area contributed by atoms with Crippen LogP contribution < -0.4 is 0 Å². The summed E-state index contributed by atoms with van der Waals surface area (Å²) in [5, 5.41) is 0. The summed E-state index contributed by atoms with van der Waals surface area (Å²) < 4.78 is 16.7. The second-order valence-corrected chi connectivity index (χ2v) is 17.9. The molecule has 0 aliphatic heterocycles. The van der Waals surface area contributed by atoms with Crippen LogP contribution in [0.5, 0.6) is 0 Å². The number of carbonyl (C=O) groups is 3. The van der Waals surface area contributed by atoms with Crippen molar-refractivity contribution in [3.05, 3.63) is 0 Å². The van der Waals surface area contributed by atoms with Gasteiger partial charge in [0.2, 0.25) is 0 Å². The summed E-state index contributed by atoms with van der Waals surface area (Å²) in [6.45, 7) is 8.94. The first-order valence-electron chi connectivity index (χ1n) is 25.4. The van der Waals surface area contributed by atoms with E-state index in [4.69, 9.17) is 14.2 Å². The van der Waals surface area contributed by atoms with Crippen molar-refractivity contribution in [1.29, 1.82) is 0 Å². The third-order valence-electron chi connectivity index (χ3n) is 11.5. The van der Waals surface area contributed by atoms with Crippen LogP contribution in [0.1, 0.15) is 285 Å². The van der Waals surface area contributed by atoms with E-state index in [1.165, 1.54) is 180 Å². The van der Waals surface area contributed by atoms with Crippen molar-refractivity contribution in [3.8, 4) is 0 Å². The summed E-state index contributed by atoms with van der Waals surface area (Å²) in [6.07, 6.45) is 46.8. The second-order valence-electron chi connectivity index (χ2n) is 17.9. The van der Waals surface area contributed by atoms with Gasteiger partial charge in [-0.2, -0.15) is 0 Å². The van der Waals surface area contributed by atoms with Crippen molar-refractivity contribution >= 4 is 17.9 Å². The number of esters is 3. The maximum atomic E-state index is 12.7. The van der Waals surface area contributed by atoms with Crippen molar-refractivity contribution in [2.75, 3.05) is 13.2 Å². The van der Waals surface area contributed by atoms with E-state index in [2.05, 4.69) is 27.7 Å². The lowest BCUT2D eigenvalue weighted by Crippen LogP contribution is -2.30. The molecule has 0 bridgehead atoms. The van der Waals surface area contributed by atoms with Gasteiger partial charge in [0.1, 0.15) is 13.2 Å². The van der Waals surface area contributed by atoms with Gasteiger partial charge in [-0.25, -0.2) is 0 Å². The van der Waals surface area contributed by atoms with E-state index in [1.807, 2.05) is 0 Å². The standard InChI is InChI=1S/C51H98O6/c1-5-7-9-11-13-15-17-18-19-20-21-22-23-24-26-27-29-34-38-42-49(52)55-45-48(46-56-50(53)43-39-35-32-31-33-37-41-47(3)4)57-51(54)44-40-36-30-28-25-16-14-12-10-8-6-2/h47-48H,5-46H2,1-4H3/t48-/m0/s1. The zero-order chi connectivity index (χ0) is 41.7. The van der Waals surface area contributed by atoms with Gasteiger partial charge in [-0.3, -0.25) is 14.4 Å². The van der Waals surface area contributed by atoms with Crippen molar-refractivity contribution in [3.63, 3.8) is 0 Å². The molecule has 0 aromatic heterocycles. The molecule has 0 aliphatic carbocycles. The lowest BCUT2D eigenvalue weighted by molar-refractivity contribution is -0.167. The minimum atomic E-state index is -0.760. The van der Waals surface area contributed by atoms with Crippen LogP contribution in [0.15, 0.2) is 0 Å². The van der Waals surface area contributed by atoms with Gasteiger partial charge >= 0.3 is 17.9 Å². The average Bonchev–Trinajstić information content (AvgIpc) is 3.19. The quantitative estimate of drug-likeness (QED) is 0.0346. The maximum absolute atomic E-state index is 12.7. The van der Waals surface area contributed by atoms with Crippen LogP contribution >= 0.6 is 0 Å². The number of carbonyl (C=O) groups excluding carboxylic acids is 3. The number of hydrogen-bond acceptors (Lipinski definition) is 6. The fourth-order valence-electron chi connectivity index (χ4n) is 7.69. The number of hydrogen-bond donors (Lipinski definition) is 0. The molecular formula is C51H98O6. The first-order chi connectivity index (χ1) is 27.9. The van der Waals surface area contributed by atoms with Gasteiger partial charge in [0.25, 0.3) is 0 Å². The van der Waals surface area contributed by atoms with Gasteiger partial charge in [-0.05, 0) is 25.2 Å². The molecule has 0 saturated carbocycles. The molecule has 0 amide bonds. The molecule has 0 unspecified atom stereocenters. The molecule has 0 aliphatic rings. The third kappa shape index (κ3) is 45.3. The van der Waals surface area contributed by atoms with E-state index in [9.17, 15) is 14.4 Å². The molecular weight excluding hydrogens is 709 g/mol. The molecule has 0 saturated heterocycles. The highest BCUT2D eigenvalue weighted by Crippen LogP contribution is 2.17. The summed E-state index contributed by atoms with van der Waals surface area (Å²) in [6, 6.07) is 0. The zero-order valence-corrected chi connectivity index (χ0v) is 38.8. The van der Waals surface area contributed by atoms with Crippen LogP contribution in [0.4, 0.5) is 0 Å². The molecule has 0 N–H and O–H groups in total. The van der Waals surface area contributed by atoms with Crippen molar-refractivity contribution in [1.82, 2.24) is 0 Å². The first-order valence-corrected chi connectivity index (χ1v) is 25.4. The lowest BCUT2D eigenvalue weighted by atomic mass is 10.0. The Morgan fingerprint density at radius 1 is 0.333 bits per heavy atom. The Morgan fingerprint density at radius 3 is 0.860 bits per heavy atom. The van der Waals surface area contributed by atoms with Crippen LogP contribution in [0.25, 0.3) is 0 Å². The SMILES string of the molecule is CCCCCCCCCCCCCCCCCCCCCC(=O)OC[C@@H](COC(=O)CCCCCCCCC(C)C)OC(=O)CCCCCCCCCCCCC. The number of ether oxygens (including phenoxy) is 3. The topological polar surface area (TPSA) is 78.9 Å². The Hall–Kier alpha value is -1.59. The fraction of sp³-hybridized carbons (Fsp3) is 0.941. The van der Waals surface area contributed by atoms with E-state index >= 15 is 0 Å². The van der Waals surface area contributed by atoms with E-state index in [1.54, 1.807) is 0 Å². The molecule has 0 aromatic rings. The monoisotopic (exact) mass is 807 g/mol. The highest BCUT2D eigenvalue weighted by atomic mass is 16.6. The summed E-state index contributed by atoms with van der Waals surface area (Å²) in [4.78, 5) is 37.8. The van der Waals surface area contributed by atoms with E-state index in [0.29, 0.717) is 19.3 Å². The number of rotatable bonds is 46. The smallest absolute Gasteiger partial charge is 0.306 e. The Morgan fingerprint density at radius 2 is 0.579 bits per heavy atom. The molecule has 6 heteroatoms. The summed E-state index contributed by atoms with van der Waals surface area (Å²) >= 11 is 0. The van der Waals surface area contributed by atoms with Gasteiger partial charge in [0.05, 0.1) is 0 Å². The molecule has 338 valence electrons. The van der Waals surface area contributed by atoms with Crippen LogP contribution in [0.3, 0.4) is 0 Å². The molecule has 57 heavy (non-hydrogen) atoms. The predicted molar refractivity (Wildman–Crippen MR) is 243 cm³/mol. The summed E-state index contributed by atoms with van der Waals surface area (Å²) in [5.74, 6) is -0.0896. The molecule has 0 rings (SSSR count). The van der Waals surface area contributed by atoms with Gasteiger partial charge in [-0.1, -0.05) is 246 Å². The largest absolute Gasteiger partial charge is 0.462 e. The molecule has 0 heterocycles. The van der Waals surface area contributed by atoms with Crippen LogP contribution in [-0.4, -0.2) is 37.2 Å². The van der Waals surface area contributed by atoms with E-state index < -0.39 is 6.10 Å². The molecule has 0 spiro atoms. The fourth-order valence-corrected chi connectivity index (χ4v) is 7.69. The minimum Gasteiger partial charge on any atom is -0.462 e. The average molecular weight is 807 g/mol. The normalized spacial score (nSPS) is 11.9. The molecule has 0 fully saturated rings. The van der Waals surface area contributed by atoms with E-state index in [0.717, 1.165) is 63.7 Å². The Balaban J connectivity index is 4.20. The first kappa shape index (κ1) is 55.4. The highest BCUT2D eigenvalue weighted by Gasteiger charge is 2.19. The Labute approximate surface area is 355 Å². The minimum absolute atomic E-state index is 0.0639. The van der Waals surface area contributed by atoms with Gasteiger partial charge < -0.3 is 14.2 Å². The highest BCUT2D eigenvalue weighted by molar-refractivity contribution is 5.71. The van der Waals surface area contributed by atoms with Crippen LogP contribution in [-0.2, 0) is 28.6 Å². The van der Waals surface area contributed by atoms with Gasteiger partial charge in [-0.15, -0.1) is 0 Å². The summed E-state index contributed by atoms with van der Waals surface area (Å²) in [5.41, 5.74) is 0. The van der Waals surface area contributed by atoms with Crippen LogP contribution in [0, 0.1) is 5.92 Å². The van der Waals surface area contributed by atoms with E-state index in [-0.39, 0.29) is 31.1 Å². The van der Waals surface area contributed by atoms with Gasteiger partial charge in [0.15, 0.2) is 6.10 Å². The molecule has 0 radical (unpaired) electrons. The third-order valence-corrected chi connectivity index (χ3v) is 11.5. The van der Waals surface area contributed by atoms with Crippen molar-refractivity contribution in [2.24, 2.45) is 5.92 Å². The molecule has 0 aromatic carbocycles. The predicted octanol–water partition coefficient (Wildman–Crippen LogP) is 16.3. The zero-order valence-electron chi connectivity index (χ0n) is 38.8. The summed E-state index contributed by atoms with van der Waals surface area (Å²) in [7, 11) is 0. The molecule has 1 atom stereocenters. The van der Waals surface area contributed by atoms with Crippen molar-refractivity contribution < 1.29 is 28.6 Å². The number of unbranched alkanes of at least 4 members (excludes halogenated alkanes) is 33. The lowest BCUT2D eigenvalue weighted by Gasteiger charge is -2.18. The van der Waals surface area contributed by atoms with Crippen molar-refractivity contribution in [2.45, 2.75) is 291 Å². The van der Waals surface area contributed by atoms with Crippen LogP contribution in [0.2, 0.25) is 0 Å².